The van der Waals surface area contributed by atoms with Crippen molar-refractivity contribution < 1.29 is 9.84 Å². The fraction of sp³-hybridized carbons (Fsp3) is 0.211. The Morgan fingerprint density at radius 1 is 1.25 bits per heavy atom. The first-order chi connectivity index (χ1) is 13.5. The Balaban J connectivity index is 1.79. The number of methoxy groups -OCH3 is 1. The maximum atomic E-state index is 12.5. The van der Waals surface area contributed by atoms with E-state index >= 15 is 0 Å². The lowest BCUT2D eigenvalue weighted by molar-refractivity contribution is 0.401. The van der Waals surface area contributed by atoms with Crippen molar-refractivity contribution in [3.8, 4) is 17.3 Å². The molecular formula is C19H18N4O4S. The first-order valence-corrected chi connectivity index (χ1v) is 9.41. The van der Waals surface area contributed by atoms with Gasteiger partial charge in [0, 0.05) is 16.2 Å². The van der Waals surface area contributed by atoms with Crippen molar-refractivity contribution in [3.63, 3.8) is 0 Å². The lowest BCUT2D eigenvalue weighted by Crippen LogP contribution is -2.33. The van der Waals surface area contributed by atoms with Crippen LogP contribution in [0, 0.1) is 6.92 Å². The second kappa shape index (κ2) is 7.01. The number of hydrogen-bond acceptors (Lipinski definition) is 7. The number of ether oxygens (including phenoxy) is 1. The highest BCUT2D eigenvalue weighted by molar-refractivity contribution is 7.12. The van der Waals surface area contributed by atoms with E-state index in [-0.39, 0.29) is 11.6 Å². The van der Waals surface area contributed by atoms with Crippen molar-refractivity contribution in [2.75, 3.05) is 7.11 Å². The maximum absolute atomic E-state index is 12.5. The number of aromatic amines is 1. The molecule has 9 heteroatoms. The zero-order valence-corrected chi connectivity index (χ0v) is 16.0. The van der Waals surface area contributed by atoms with Crippen LogP contribution in [-0.4, -0.2) is 27.5 Å². The average Bonchev–Trinajstić information content (AvgIpc) is 3.31. The van der Waals surface area contributed by atoms with Gasteiger partial charge in [0.15, 0.2) is 0 Å². The molecule has 3 aromatic rings. The highest BCUT2D eigenvalue weighted by Crippen LogP contribution is 2.31. The Kier molecular flexibility index (Phi) is 4.52. The summed E-state index contributed by atoms with van der Waals surface area (Å²) in [5.74, 6) is -0.0851. The molecule has 0 radical (unpaired) electrons. The molecule has 0 aliphatic carbocycles. The summed E-state index contributed by atoms with van der Waals surface area (Å²) in [4.78, 5) is 29.4. The Morgan fingerprint density at radius 2 is 2.04 bits per heavy atom. The fourth-order valence-electron chi connectivity index (χ4n) is 3.23. The van der Waals surface area contributed by atoms with Gasteiger partial charge in [0.2, 0.25) is 5.88 Å². The summed E-state index contributed by atoms with van der Waals surface area (Å²) in [6, 6.07) is 10.7. The van der Waals surface area contributed by atoms with Crippen LogP contribution in [0.2, 0.25) is 0 Å². The molecule has 1 aromatic carbocycles. The minimum Gasteiger partial charge on any atom is -0.495 e. The summed E-state index contributed by atoms with van der Waals surface area (Å²) in [6.07, 6.45) is 0.417. The van der Waals surface area contributed by atoms with Gasteiger partial charge in [0.05, 0.1) is 24.6 Å². The van der Waals surface area contributed by atoms with Crippen LogP contribution in [0.5, 0.6) is 11.6 Å². The average molecular weight is 398 g/mol. The van der Waals surface area contributed by atoms with Gasteiger partial charge in [-0.25, -0.2) is 9.36 Å². The minimum absolute atomic E-state index is 0.0335. The smallest absolute Gasteiger partial charge is 0.335 e. The highest BCUT2D eigenvalue weighted by Gasteiger charge is 2.28. The summed E-state index contributed by atoms with van der Waals surface area (Å²) in [5, 5.41) is 15.1. The minimum atomic E-state index is -0.757. The summed E-state index contributed by atoms with van der Waals surface area (Å²) in [5.41, 5.74) is 2.24. The number of hydrogen-bond donors (Lipinski definition) is 3. The lowest BCUT2D eigenvalue weighted by Gasteiger charge is -2.14. The molecule has 0 bridgehead atoms. The monoisotopic (exact) mass is 398 g/mol. The van der Waals surface area contributed by atoms with Crippen LogP contribution < -0.4 is 21.4 Å². The van der Waals surface area contributed by atoms with Gasteiger partial charge in [-0.15, -0.1) is 11.3 Å². The lowest BCUT2D eigenvalue weighted by atomic mass is 10.1. The van der Waals surface area contributed by atoms with Crippen molar-refractivity contribution in [1.82, 2.24) is 15.0 Å². The van der Waals surface area contributed by atoms with Crippen LogP contribution in [0.1, 0.15) is 27.8 Å². The first-order valence-electron chi connectivity index (χ1n) is 8.60. The summed E-state index contributed by atoms with van der Waals surface area (Å²) < 4.78 is 6.29. The number of aromatic nitrogens is 2. The number of hydrazone groups is 1. The summed E-state index contributed by atoms with van der Waals surface area (Å²) >= 11 is 1.64. The second-order valence-corrected chi connectivity index (χ2v) is 7.68. The third kappa shape index (κ3) is 2.99. The molecule has 0 spiro atoms. The van der Waals surface area contributed by atoms with E-state index in [0.717, 1.165) is 9.44 Å². The normalized spacial score (nSPS) is 15.9. The third-order valence-electron chi connectivity index (χ3n) is 4.56. The molecule has 0 unspecified atom stereocenters. The SMILES string of the molecule is COc1ccccc1-n1c(O)c(C2=NN[C@H](c3ccc(C)s3)C2)c(=O)[nH]c1=O. The zero-order valence-electron chi connectivity index (χ0n) is 15.2. The fourth-order valence-corrected chi connectivity index (χ4v) is 4.15. The van der Waals surface area contributed by atoms with Gasteiger partial charge in [-0.2, -0.15) is 5.10 Å². The Labute approximate surface area is 163 Å². The maximum Gasteiger partial charge on any atom is 0.335 e. The molecule has 0 amide bonds. The molecule has 1 aliphatic rings. The molecule has 28 heavy (non-hydrogen) atoms. The number of aromatic hydroxyl groups is 1. The predicted octanol–water partition coefficient (Wildman–Crippen LogP) is 2.05. The molecule has 0 fully saturated rings. The van der Waals surface area contributed by atoms with Crippen molar-refractivity contribution in [2.24, 2.45) is 5.10 Å². The van der Waals surface area contributed by atoms with E-state index in [1.54, 1.807) is 35.6 Å². The topological polar surface area (TPSA) is 109 Å². The van der Waals surface area contributed by atoms with Crippen LogP contribution in [0.15, 0.2) is 51.1 Å². The molecule has 2 aromatic heterocycles. The van der Waals surface area contributed by atoms with E-state index in [4.69, 9.17) is 4.74 Å². The Hall–Kier alpha value is -3.33. The predicted molar refractivity (Wildman–Crippen MR) is 107 cm³/mol. The zero-order chi connectivity index (χ0) is 19.8. The highest BCUT2D eigenvalue weighted by atomic mass is 32.1. The van der Waals surface area contributed by atoms with Gasteiger partial charge in [0.25, 0.3) is 5.56 Å². The van der Waals surface area contributed by atoms with E-state index in [1.807, 2.05) is 19.1 Å². The standard InChI is InChI=1S/C19H18N4O4S/c1-10-7-8-15(28-10)11-9-12(22-21-11)16-17(24)20-19(26)23(18(16)25)13-5-3-4-6-14(13)27-2/h3-8,11,21,25H,9H2,1-2H3,(H,20,24,26)/t11-/m0/s1. The van der Waals surface area contributed by atoms with Gasteiger partial charge in [-0.3, -0.25) is 9.78 Å². The molecule has 144 valence electrons. The number of aryl methyl sites for hydroxylation is 1. The number of benzene rings is 1. The largest absolute Gasteiger partial charge is 0.495 e. The number of nitrogens with zero attached hydrogens (tertiary/aromatic N) is 2. The van der Waals surface area contributed by atoms with Gasteiger partial charge >= 0.3 is 5.69 Å². The number of H-pyrrole nitrogens is 1. The van der Waals surface area contributed by atoms with Crippen molar-refractivity contribution in [1.29, 1.82) is 0 Å². The molecular weight excluding hydrogens is 380 g/mol. The molecule has 8 nitrogen and oxygen atoms in total. The summed E-state index contributed by atoms with van der Waals surface area (Å²) in [7, 11) is 1.46. The molecule has 1 atom stereocenters. The number of rotatable bonds is 4. The van der Waals surface area contributed by atoms with Crippen LogP contribution in [0.3, 0.4) is 0 Å². The number of nitrogens with one attached hydrogen (secondary N) is 2. The van der Waals surface area contributed by atoms with E-state index in [9.17, 15) is 14.7 Å². The van der Waals surface area contributed by atoms with Crippen LogP contribution >= 0.6 is 11.3 Å². The second-order valence-electron chi connectivity index (χ2n) is 6.36. The van der Waals surface area contributed by atoms with E-state index in [1.165, 1.54) is 12.0 Å². The van der Waals surface area contributed by atoms with Crippen molar-refractivity contribution in [2.45, 2.75) is 19.4 Å². The number of thiophene rings is 1. The van der Waals surface area contributed by atoms with E-state index < -0.39 is 17.1 Å². The molecule has 0 saturated carbocycles. The first kappa shape index (κ1) is 18.1. The van der Waals surface area contributed by atoms with Crippen LogP contribution in [0.4, 0.5) is 0 Å². The molecule has 3 N–H and O–H groups in total. The van der Waals surface area contributed by atoms with Crippen molar-refractivity contribution in [3.05, 3.63) is 72.6 Å². The Bertz CT molecular complexity index is 1190. The Morgan fingerprint density at radius 3 is 2.75 bits per heavy atom. The molecule has 3 heterocycles. The van der Waals surface area contributed by atoms with Crippen LogP contribution in [-0.2, 0) is 0 Å². The van der Waals surface area contributed by atoms with Crippen LogP contribution in [0.25, 0.3) is 5.69 Å². The third-order valence-corrected chi connectivity index (χ3v) is 5.67. The van der Waals surface area contributed by atoms with Gasteiger partial charge in [-0.05, 0) is 31.2 Å². The van der Waals surface area contributed by atoms with Gasteiger partial charge in [-0.1, -0.05) is 12.1 Å². The van der Waals surface area contributed by atoms with Crippen molar-refractivity contribution >= 4 is 17.0 Å². The van der Waals surface area contributed by atoms with E-state index in [0.29, 0.717) is 23.6 Å². The molecule has 0 saturated heterocycles. The van der Waals surface area contributed by atoms with Gasteiger partial charge in [0.1, 0.15) is 11.3 Å². The van der Waals surface area contributed by atoms with Gasteiger partial charge < -0.3 is 15.3 Å². The quantitative estimate of drug-likeness (QED) is 0.623. The summed E-state index contributed by atoms with van der Waals surface area (Å²) in [6.45, 7) is 2.02. The molecule has 4 rings (SSSR count). The molecule has 1 aliphatic heterocycles. The number of para-hydroxylation sites is 2. The van der Waals surface area contributed by atoms with E-state index in [2.05, 4.69) is 15.5 Å².